The molecule has 0 spiro atoms. The van der Waals surface area contributed by atoms with Crippen molar-refractivity contribution in [2.24, 2.45) is 0 Å². The summed E-state index contributed by atoms with van der Waals surface area (Å²) < 4.78 is 53.8. The molecule has 0 aliphatic carbocycles. The quantitative estimate of drug-likeness (QED) is 0.442. The zero-order valence-corrected chi connectivity index (χ0v) is 13.5. The SMILES string of the molecule is [B]c1cn2cc(-c3n[nH]c(C(F)(F)F)n3)nc(Cc3ccccc3F)c2n1. The third-order valence-electron chi connectivity index (χ3n) is 3.82. The molecule has 2 radical (unpaired) electrons. The zero-order chi connectivity index (χ0) is 19.2. The van der Waals surface area contributed by atoms with Crippen molar-refractivity contribution >= 4 is 19.1 Å². The molecule has 1 N–H and O–H groups in total. The highest BCUT2D eigenvalue weighted by atomic mass is 19.4. The van der Waals surface area contributed by atoms with E-state index in [9.17, 15) is 17.6 Å². The van der Waals surface area contributed by atoms with E-state index in [2.05, 4.69) is 20.1 Å². The Kier molecular flexibility index (Phi) is 3.94. The fraction of sp³-hybridized carbons (Fsp3) is 0.125. The van der Waals surface area contributed by atoms with E-state index in [1.807, 2.05) is 5.10 Å². The summed E-state index contributed by atoms with van der Waals surface area (Å²) in [4.78, 5) is 11.9. The molecule has 0 aliphatic rings. The van der Waals surface area contributed by atoms with Crippen molar-refractivity contribution in [2.75, 3.05) is 0 Å². The van der Waals surface area contributed by atoms with Crippen LogP contribution in [0, 0.1) is 5.82 Å². The first kappa shape index (κ1) is 17.2. The predicted octanol–water partition coefficient (Wildman–Crippen LogP) is 2.06. The summed E-state index contributed by atoms with van der Waals surface area (Å²) in [6.45, 7) is 0. The van der Waals surface area contributed by atoms with Gasteiger partial charge >= 0.3 is 6.18 Å². The van der Waals surface area contributed by atoms with Gasteiger partial charge in [0.1, 0.15) is 19.4 Å². The first-order chi connectivity index (χ1) is 12.8. The third-order valence-corrected chi connectivity index (χ3v) is 3.82. The molecule has 4 aromatic rings. The van der Waals surface area contributed by atoms with Crippen LogP contribution >= 0.6 is 0 Å². The van der Waals surface area contributed by atoms with Crippen LogP contribution in [-0.4, -0.2) is 37.4 Å². The Morgan fingerprint density at radius 1 is 1.07 bits per heavy atom. The molecule has 0 saturated heterocycles. The maximum Gasteiger partial charge on any atom is 0.451 e. The number of hydrogen-bond acceptors (Lipinski definition) is 4. The molecule has 6 nitrogen and oxygen atoms in total. The van der Waals surface area contributed by atoms with Crippen molar-refractivity contribution in [3.63, 3.8) is 0 Å². The van der Waals surface area contributed by atoms with Crippen LogP contribution in [-0.2, 0) is 12.6 Å². The zero-order valence-electron chi connectivity index (χ0n) is 13.5. The molecule has 0 saturated carbocycles. The molecule has 4 rings (SSSR count). The molecule has 0 fully saturated rings. The number of aromatic amines is 1. The molecule has 0 aliphatic heterocycles. The summed E-state index contributed by atoms with van der Waals surface area (Å²) in [7, 11) is 5.71. The number of nitrogens with one attached hydrogen (secondary N) is 1. The average molecular weight is 372 g/mol. The Labute approximate surface area is 150 Å². The van der Waals surface area contributed by atoms with E-state index in [4.69, 9.17) is 7.85 Å². The van der Waals surface area contributed by atoms with Crippen molar-refractivity contribution in [1.82, 2.24) is 29.5 Å². The van der Waals surface area contributed by atoms with E-state index >= 15 is 0 Å². The average Bonchev–Trinajstić information content (AvgIpc) is 3.22. The van der Waals surface area contributed by atoms with Crippen LogP contribution in [0.1, 0.15) is 17.1 Å². The molecule has 0 amide bonds. The van der Waals surface area contributed by atoms with Gasteiger partial charge in [-0.15, -0.1) is 0 Å². The van der Waals surface area contributed by atoms with E-state index < -0.39 is 17.8 Å². The Morgan fingerprint density at radius 3 is 2.56 bits per heavy atom. The lowest BCUT2D eigenvalue weighted by molar-refractivity contribution is -0.144. The molecular weight excluding hydrogens is 363 g/mol. The minimum atomic E-state index is -4.66. The fourth-order valence-corrected chi connectivity index (χ4v) is 2.63. The number of H-pyrrole nitrogens is 1. The van der Waals surface area contributed by atoms with Crippen LogP contribution < -0.4 is 5.59 Å². The van der Waals surface area contributed by atoms with Gasteiger partial charge in [-0.3, -0.25) is 5.10 Å². The molecule has 134 valence electrons. The lowest BCUT2D eigenvalue weighted by atomic mass is 10.1. The van der Waals surface area contributed by atoms with Crippen LogP contribution in [0.5, 0.6) is 0 Å². The summed E-state index contributed by atoms with van der Waals surface area (Å²) >= 11 is 0. The summed E-state index contributed by atoms with van der Waals surface area (Å²) in [6.07, 6.45) is -1.71. The number of fused-ring (bicyclic) bond motifs is 1. The number of alkyl halides is 3. The van der Waals surface area contributed by atoms with E-state index in [-0.39, 0.29) is 23.5 Å². The summed E-state index contributed by atoms with van der Waals surface area (Å²) in [5.41, 5.74) is 1.31. The second kappa shape index (κ2) is 6.18. The molecule has 0 bridgehead atoms. The molecule has 0 atom stereocenters. The number of halogens is 4. The maximum absolute atomic E-state index is 14.0. The predicted molar refractivity (Wildman–Crippen MR) is 88.0 cm³/mol. The Bertz CT molecular complexity index is 1130. The Hall–Kier alpha value is -3.24. The Morgan fingerprint density at radius 2 is 1.85 bits per heavy atom. The molecular formula is C16H9BF4N6. The lowest BCUT2D eigenvalue weighted by Crippen LogP contribution is -2.07. The maximum atomic E-state index is 14.0. The van der Waals surface area contributed by atoms with Crippen molar-refractivity contribution in [3.8, 4) is 11.5 Å². The minimum absolute atomic E-state index is 0.0665. The molecule has 1 aromatic carbocycles. The van der Waals surface area contributed by atoms with E-state index in [1.165, 1.54) is 22.9 Å². The number of aromatic nitrogens is 6. The van der Waals surface area contributed by atoms with E-state index in [1.54, 1.807) is 18.2 Å². The molecule has 11 heteroatoms. The highest BCUT2D eigenvalue weighted by Crippen LogP contribution is 2.27. The number of nitrogens with zero attached hydrogens (tertiary/aromatic N) is 5. The summed E-state index contributed by atoms with van der Waals surface area (Å²) in [6, 6.07) is 6.12. The fourth-order valence-electron chi connectivity index (χ4n) is 2.63. The van der Waals surface area contributed by atoms with Crippen molar-refractivity contribution in [3.05, 3.63) is 59.6 Å². The van der Waals surface area contributed by atoms with Crippen LogP contribution in [0.3, 0.4) is 0 Å². The van der Waals surface area contributed by atoms with Gasteiger partial charge in [-0.05, 0) is 11.6 Å². The monoisotopic (exact) mass is 372 g/mol. The summed E-state index contributed by atoms with van der Waals surface area (Å²) in [5, 5.41) is 5.41. The first-order valence-electron chi connectivity index (χ1n) is 7.69. The molecule has 3 heterocycles. The molecule has 3 aromatic heterocycles. The number of imidazole rings is 1. The van der Waals surface area contributed by atoms with Crippen molar-refractivity contribution in [2.45, 2.75) is 12.6 Å². The van der Waals surface area contributed by atoms with Crippen LogP contribution in [0.15, 0.2) is 36.7 Å². The van der Waals surface area contributed by atoms with Gasteiger partial charge < -0.3 is 4.40 Å². The topological polar surface area (TPSA) is 71.8 Å². The lowest BCUT2D eigenvalue weighted by Gasteiger charge is -2.07. The first-order valence-corrected chi connectivity index (χ1v) is 7.69. The second-order valence-electron chi connectivity index (χ2n) is 5.74. The number of hydrogen-bond donors (Lipinski definition) is 1. The van der Waals surface area contributed by atoms with Crippen LogP contribution in [0.2, 0.25) is 0 Å². The van der Waals surface area contributed by atoms with Gasteiger partial charge in [0.15, 0.2) is 5.65 Å². The highest BCUT2D eigenvalue weighted by molar-refractivity contribution is 6.30. The molecule has 0 unspecified atom stereocenters. The minimum Gasteiger partial charge on any atom is -0.304 e. The third kappa shape index (κ3) is 3.27. The van der Waals surface area contributed by atoms with Gasteiger partial charge in [0.25, 0.3) is 0 Å². The standard InChI is InChI=1S/C16H9BF4N6/c17-12-7-27-6-11(13-24-15(26-25-13)16(19,20)21)22-10(14(27)23-12)5-8-3-1-2-4-9(8)18/h1-4,6-7H,5H2,(H,24,25,26). The molecule has 27 heavy (non-hydrogen) atoms. The van der Waals surface area contributed by atoms with Crippen LogP contribution in [0.4, 0.5) is 17.6 Å². The largest absolute Gasteiger partial charge is 0.451 e. The van der Waals surface area contributed by atoms with Gasteiger partial charge in [0.2, 0.25) is 11.6 Å². The van der Waals surface area contributed by atoms with Crippen molar-refractivity contribution < 1.29 is 17.6 Å². The van der Waals surface area contributed by atoms with Gasteiger partial charge in [-0.2, -0.15) is 18.3 Å². The van der Waals surface area contributed by atoms with E-state index in [0.717, 1.165) is 0 Å². The smallest absolute Gasteiger partial charge is 0.304 e. The van der Waals surface area contributed by atoms with Gasteiger partial charge in [-0.25, -0.2) is 19.3 Å². The number of rotatable bonds is 3. The van der Waals surface area contributed by atoms with Gasteiger partial charge in [0, 0.05) is 24.4 Å². The normalized spacial score (nSPS) is 12.0. The van der Waals surface area contributed by atoms with Gasteiger partial charge in [0.05, 0.1) is 5.69 Å². The Balaban J connectivity index is 1.83. The van der Waals surface area contributed by atoms with Crippen LogP contribution in [0.25, 0.3) is 17.2 Å². The van der Waals surface area contributed by atoms with E-state index in [0.29, 0.717) is 16.9 Å². The highest BCUT2D eigenvalue weighted by Gasteiger charge is 2.35. The van der Waals surface area contributed by atoms with Gasteiger partial charge in [-0.1, -0.05) is 18.2 Å². The van der Waals surface area contributed by atoms with Crippen molar-refractivity contribution in [1.29, 1.82) is 0 Å². The summed E-state index contributed by atoms with van der Waals surface area (Å²) in [5.74, 6) is -1.91. The number of benzene rings is 1. The second-order valence-corrected chi connectivity index (χ2v) is 5.74.